The summed E-state index contributed by atoms with van der Waals surface area (Å²) < 4.78 is 6.08. The maximum absolute atomic E-state index is 11.9. The summed E-state index contributed by atoms with van der Waals surface area (Å²) in [5, 5.41) is 20.2. The molecule has 0 spiro atoms. The topological polar surface area (TPSA) is 66.8 Å². The van der Waals surface area contributed by atoms with Gasteiger partial charge in [0.1, 0.15) is 0 Å². The molecule has 6 atom stereocenters. The first-order valence-electron chi connectivity index (χ1n) is 9.97. The van der Waals surface area contributed by atoms with Crippen molar-refractivity contribution < 1.29 is 19.7 Å². The zero-order valence-electron chi connectivity index (χ0n) is 15.2. The highest BCUT2D eigenvalue weighted by Crippen LogP contribution is 2.48. The average molecular weight is 348 g/mol. The molecule has 2 N–H and O–H groups in total. The molecule has 3 aliphatic rings. The van der Waals surface area contributed by atoms with Gasteiger partial charge in [0.15, 0.2) is 0 Å². The maximum atomic E-state index is 11.9. The first-order chi connectivity index (χ1) is 12.1. The van der Waals surface area contributed by atoms with Crippen molar-refractivity contribution in [3.05, 3.63) is 24.3 Å². The summed E-state index contributed by atoms with van der Waals surface area (Å²) in [6, 6.07) is 0. The van der Waals surface area contributed by atoms with Crippen LogP contribution < -0.4 is 0 Å². The largest absolute Gasteiger partial charge is 0.481 e. The number of allylic oxidation sites excluding steroid dienone is 2. The van der Waals surface area contributed by atoms with E-state index in [1.165, 1.54) is 12.8 Å². The van der Waals surface area contributed by atoms with Gasteiger partial charge in [0, 0.05) is 11.8 Å². The van der Waals surface area contributed by atoms with E-state index < -0.39 is 12.1 Å². The molecule has 0 aromatic heterocycles. The van der Waals surface area contributed by atoms with E-state index in [2.05, 4.69) is 6.08 Å². The van der Waals surface area contributed by atoms with Gasteiger partial charge in [-0.2, -0.15) is 0 Å². The van der Waals surface area contributed by atoms with Gasteiger partial charge in [-0.25, -0.2) is 0 Å². The Morgan fingerprint density at radius 1 is 1.20 bits per heavy atom. The van der Waals surface area contributed by atoms with Crippen LogP contribution in [0, 0.1) is 23.7 Å². The van der Waals surface area contributed by atoms with Gasteiger partial charge in [-0.15, -0.1) is 0 Å². The molecule has 2 bridgehead atoms. The van der Waals surface area contributed by atoms with Crippen molar-refractivity contribution in [3.8, 4) is 0 Å². The fraction of sp³-hybridized carbons (Fsp3) is 0.762. The molecule has 4 nitrogen and oxygen atoms in total. The summed E-state index contributed by atoms with van der Waals surface area (Å²) >= 11 is 0. The molecule has 0 aromatic rings. The van der Waals surface area contributed by atoms with Gasteiger partial charge in [0.2, 0.25) is 0 Å². The third-order valence-electron chi connectivity index (χ3n) is 6.46. The lowest BCUT2D eigenvalue weighted by molar-refractivity contribution is -0.145. The predicted octanol–water partition coefficient (Wildman–Crippen LogP) is 3.94. The van der Waals surface area contributed by atoms with Crippen LogP contribution in [-0.4, -0.2) is 34.5 Å². The zero-order valence-corrected chi connectivity index (χ0v) is 15.2. The molecule has 1 aliphatic carbocycles. The quantitative estimate of drug-likeness (QED) is 0.652. The standard InChI is InChI=1S/C21H32O4/c1-2-3-4-9-16(21(23)24)20-15(18-12-13-19(20)25-18)10-11-17(22)14-7-5-6-8-14/h2-3,10-11,14-20,22H,4-9,12-13H2,1H3,(H,23,24). The van der Waals surface area contributed by atoms with E-state index in [-0.39, 0.29) is 30.0 Å². The van der Waals surface area contributed by atoms with Crippen molar-refractivity contribution in [2.24, 2.45) is 23.7 Å². The summed E-state index contributed by atoms with van der Waals surface area (Å²) in [5.74, 6) is -0.542. The highest BCUT2D eigenvalue weighted by Gasteiger charge is 2.52. The molecule has 0 radical (unpaired) electrons. The van der Waals surface area contributed by atoms with E-state index in [9.17, 15) is 15.0 Å². The van der Waals surface area contributed by atoms with Gasteiger partial charge < -0.3 is 14.9 Å². The molecular weight excluding hydrogens is 316 g/mol. The molecule has 0 aromatic carbocycles. The molecular formula is C21H32O4. The molecule has 2 aliphatic heterocycles. The predicted molar refractivity (Wildman–Crippen MR) is 97.2 cm³/mol. The van der Waals surface area contributed by atoms with Crippen molar-refractivity contribution >= 4 is 5.97 Å². The van der Waals surface area contributed by atoms with Crippen LogP contribution >= 0.6 is 0 Å². The number of carboxylic acids is 1. The lowest BCUT2D eigenvalue weighted by Gasteiger charge is -2.31. The summed E-state index contributed by atoms with van der Waals surface area (Å²) in [6.45, 7) is 1.96. The number of hydrogen-bond donors (Lipinski definition) is 2. The fourth-order valence-electron chi connectivity index (χ4n) is 5.15. The van der Waals surface area contributed by atoms with Crippen LogP contribution in [0.3, 0.4) is 0 Å². The molecule has 140 valence electrons. The SMILES string of the molecule is CC=CCCC(C(=O)O)C1C2CCC(O2)C1C=CC(O)C1CCCC1. The number of aliphatic hydroxyl groups is 1. The van der Waals surface area contributed by atoms with Crippen molar-refractivity contribution in [2.75, 3.05) is 0 Å². The summed E-state index contributed by atoms with van der Waals surface area (Å²) in [5.41, 5.74) is 0. The smallest absolute Gasteiger partial charge is 0.306 e. The molecule has 2 saturated heterocycles. The number of hydrogen-bond acceptors (Lipinski definition) is 3. The van der Waals surface area contributed by atoms with Gasteiger partial charge in [0.25, 0.3) is 0 Å². The van der Waals surface area contributed by atoms with Crippen molar-refractivity contribution in [1.29, 1.82) is 0 Å². The number of ether oxygens (including phenoxy) is 1. The Labute approximate surface area is 151 Å². The summed E-state index contributed by atoms with van der Waals surface area (Å²) in [4.78, 5) is 11.9. The van der Waals surface area contributed by atoms with Crippen LogP contribution in [0.25, 0.3) is 0 Å². The second-order valence-corrected chi connectivity index (χ2v) is 7.96. The second-order valence-electron chi connectivity index (χ2n) is 7.96. The van der Waals surface area contributed by atoms with Crippen LogP contribution in [0.4, 0.5) is 0 Å². The van der Waals surface area contributed by atoms with Crippen LogP contribution in [-0.2, 0) is 9.53 Å². The van der Waals surface area contributed by atoms with Crippen LogP contribution in [0.1, 0.15) is 58.3 Å². The van der Waals surface area contributed by atoms with E-state index in [1.54, 1.807) is 0 Å². The zero-order chi connectivity index (χ0) is 17.8. The Bertz CT molecular complexity index is 506. The minimum absolute atomic E-state index is 0.0357. The molecule has 25 heavy (non-hydrogen) atoms. The average Bonchev–Trinajstić information content (AvgIpc) is 3.33. The van der Waals surface area contributed by atoms with Crippen LogP contribution in [0.15, 0.2) is 24.3 Å². The minimum Gasteiger partial charge on any atom is -0.481 e. The summed E-state index contributed by atoms with van der Waals surface area (Å²) in [6.07, 6.45) is 15.9. The van der Waals surface area contributed by atoms with E-state index in [4.69, 9.17) is 4.74 Å². The monoisotopic (exact) mass is 348 g/mol. The first kappa shape index (κ1) is 18.7. The number of rotatable bonds is 8. The van der Waals surface area contributed by atoms with Crippen LogP contribution in [0.2, 0.25) is 0 Å². The second kappa shape index (κ2) is 8.50. The van der Waals surface area contributed by atoms with E-state index in [0.29, 0.717) is 12.3 Å². The van der Waals surface area contributed by atoms with E-state index >= 15 is 0 Å². The Morgan fingerprint density at radius 3 is 2.60 bits per heavy atom. The van der Waals surface area contributed by atoms with Gasteiger partial charge in [-0.3, -0.25) is 4.79 Å². The number of carboxylic acid groups (broad SMARTS) is 1. The lowest BCUT2D eigenvalue weighted by atomic mass is 9.70. The fourth-order valence-corrected chi connectivity index (χ4v) is 5.15. The highest BCUT2D eigenvalue weighted by atomic mass is 16.5. The molecule has 3 rings (SSSR count). The molecule has 0 amide bonds. The minimum atomic E-state index is -0.708. The summed E-state index contributed by atoms with van der Waals surface area (Å²) in [7, 11) is 0. The molecule has 1 saturated carbocycles. The highest BCUT2D eigenvalue weighted by molar-refractivity contribution is 5.70. The van der Waals surface area contributed by atoms with Crippen LogP contribution in [0.5, 0.6) is 0 Å². The van der Waals surface area contributed by atoms with E-state index in [1.807, 2.05) is 25.2 Å². The number of aliphatic hydroxyl groups excluding tert-OH is 1. The van der Waals surface area contributed by atoms with Crippen molar-refractivity contribution in [1.82, 2.24) is 0 Å². The molecule has 2 heterocycles. The Kier molecular flexibility index (Phi) is 6.34. The Balaban J connectivity index is 1.70. The molecule has 4 heteroatoms. The van der Waals surface area contributed by atoms with E-state index in [0.717, 1.165) is 32.1 Å². The third-order valence-corrected chi connectivity index (χ3v) is 6.46. The van der Waals surface area contributed by atoms with Gasteiger partial charge in [-0.1, -0.05) is 37.1 Å². The maximum Gasteiger partial charge on any atom is 0.306 e. The number of carbonyl (C=O) groups is 1. The molecule has 6 unspecified atom stereocenters. The Hall–Kier alpha value is -1.13. The third kappa shape index (κ3) is 4.17. The lowest BCUT2D eigenvalue weighted by Crippen LogP contribution is -2.36. The normalized spacial score (nSPS) is 35.1. The number of fused-ring (bicyclic) bond motifs is 2. The van der Waals surface area contributed by atoms with Gasteiger partial charge in [-0.05, 0) is 51.4 Å². The first-order valence-corrected chi connectivity index (χ1v) is 9.97. The number of aliphatic carboxylic acids is 1. The van der Waals surface area contributed by atoms with Crippen molar-refractivity contribution in [2.45, 2.75) is 76.6 Å². The molecule has 3 fully saturated rings. The van der Waals surface area contributed by atoms with Crippen molar-refractivity contribution in [3.63, 3.8) is 0 Å². The Morgan fingerprint density at radius 2 is 1.92 bits per heavy atom. The van der Waals surface area contributed by atoms with Gasteiger partial charge >= 0.3 is 5.97 Å². The van der Waals surface area contributed by atoms with Gasteiger partial charge in [0.05, 0.1) is 24.2 Å².